The maximum atomic E-state index is 9.17. The van der Waals surface area contributed by atoms with Crippen LogP contribution >= 0.6 is 0 Å². The summed E-state index contributed by atoms with van der Waals surface area (Å²) < 4.78 is 0. The van der Waals surface area contributed by atoms with Crippen LogP contribution in [-0.4, -0.2) is 11.7 Å². The molecule has 0 aliphatic rings. The smallest absolute Gasteiger partial charge is 0.0591 e. The Morgan fingerprint density at radius 3 is 2.43 bits per heavy atom. The molecule has 1 radical (unpaired) electrons. The van der Waals surface area contributed by atoms with Gasteiger partial charge in [0.25, 0.3) is 0 Å². The molecule has 0 aliphatic carbocycles. The Morgan fingerprint density at radius 1 is 1.33 bits per heavy atom. The third-order valence-corrected chi connectivity index (χ3v) is 2.82. The quantitative estimate of drug-likeness (QED) is 0.413. The number of unbranched alkanes of at least 4 members (excludes halogenated alkanes) is 1. The van der Waals surface area contributed by atoms with E-state index in [4.69, 9.17) is 5.11 Å². The maximum absolute atomic E-state index is 9.17. The molecule has 0 aromatic rings. The molecule has 0 unspecified atom stereocenters. The first-order valence-corrected chi connectivity index (χ1v) is 7.43. The average Bonchev–Trinajstić information content (AvgIpc) is 2.40. The van der Waals surface area contributed by atoms with Crippen molar-refractivity contribution in [3.8, 4) is 11.8 Å². The molecule has 0 fully saturated rings. The minimum Gasteiger partial charge on any atom is -0.395 e. The van der Waals surface area contributed by atoms with Crippen LogP contribution in [0.15, 0.2) is 29.4 Å². The molecule has 2 heteroatoms. The zero-order valence-corrected chi connectivity index (χ0v) is 17.3. The van der Waals surface area contributed by atoms with Crippen LogP contribution in [-0.2, 0) is 32.7 Å². The fourth-order valence-electron chi connectivity index (χ4n) is 1.32. The molecule has 0 saturated carbocycles. The van der Waals surface area contributed by atoms with E-state index in [1.54, 1.807) is 0 Å². The van der Waals surface area contributed by atoms with Crippen LogP contribution in [0.4, 0.5) is 0 Å². The summed E-state index contributed by atoms with van der Waals surface area (Å²) in [4.78, 5) is 0. The Hall–Kier alpha value is -0.156. The number of hydrogen-bond donors (Lipinski definition) is 1. The topological polar surface area (TPSA) is 20.2 Å². The summed E-state index contributed by atoms with van der Waals surface area (Å²) >= 11 is 0. The molecule has 0 aromatic heterocycles. The molecule has 21 heavy (non-hydrogen) atoms. The second-order valence-corrected chi connectivity index (χ2v) is 6.06. The van der Waals surface area contributed by atoms with Gasteiger partial charge >= 0.3 is 0 Å². The van der Waals surface area contributed by atoms with Crippen LogP contribution in [0.1, 0.15) is 54.4 Å². The van der Waals surface area contributed by atoms with Gasteiger partial charge in [-0.15, -0.1) is 17.9 Å². The number of aliphatic hydroxyl groups excluding tert-OH is 1. The summed E-state index contributed by atoms with van der Waals surface area (Å²) in [5.41, 5.74) is 1.82. The van der Waals surface area contributed by atoms with Crippen LogP contribution in [0, 0.1) is 29.2 Å². The summed E-state index contributed by atoms with van der Waals surface area (Å²) in [5.74, 6) is 6.62. The van der Waals surface area contributed by atoms with Crippen molar-refractivity contribution in [2.75, 3.05) is 6.61 Å². The SMILES string of the molecule is CCC/C=C/C(=[C-]/C=C(\C)C#CC(C)(C)CO)C(C)C.[Y]. The Balaban J connectivity index is 0. The molecule has 0 spiro atoms. The predicted octanol–water partition coefficient (Wildman–Crippen LogP) is 4.69. The summed E-state index contributed by atoms with van der Waals surface area (Å²) in [5, 5.41) is 9.17. The normalized spacial score (nSPS) is 13.1. The molecule has 0 atom stereocenters. The van der Waals surface area contributed by atoms with Crippen molar-refractivity contribution in [3.05, 3.63) is 35.5 Å². The van der Waals surface area contributed by atoms with Gasteiger partial charge < -0.3 is 5.11 Å². The molecule has 115 valence electrons. The fraction of sp³-hybridized carbons (Fsp3) is 0.579. The number of hydrogen-bond acceptors (Lipinski definition) is 1. The number of allylic oxidation sites excluding steroid dienone is 6. The summed E-state index contributed by atoms with van der Waals surface area (Å²) in [6.45, 7) is 12.4. The Morgan fingerprint density at radius 2 is 1.95 bits per heavy atom. The van der Waals surface area contributed by atoms with Gasteiger partial charge in [0, 0.05) is 38.1 Å². The van der Waals surface area contributed by atoms with Crippen molar-refractivity contribution in [1.29, 1.82) is 0 Å². The molecule has 0 amide bonds. The van der Waals surface area contributed by atoms with Crippen molar-refractivity contribution in [2.24, 2.45) is 11.3 Å². The van der Waals surface area contributed by atoms with Crippen LogP contribution in [0.25, 0.3) is 0 Å². The van der Waals surface area contributed by atoms with Gasteiger partial charge in [0.05, 0.1) is 6.61 Å². The molecule has 0 aromatic carbocycles. The molecule has 0 aliphatic heterocycles. The zero-order chi connectivity index (χ0) is 15.6. The summed E-state index contributed by atoms with van der Waals surface area (Å²) in [6.07, 6.45) is 11.9. The van der Waals surface area contributed by atoms with E-state index in [-0.39, 0.29) is 44.7 Å². The summed E-state index contributed by atoms with van der Waals surface area (Å²) in [7, 11) is 0. The minimum atomic E-state index is -0.347. The van der Waals surface area contributed by atoms with Gasteiger partial charge in [0.2, 0.25) is 0 Å². The minimum absolute atomic E-state index is 0. The van der Waals surface area contributed by atoms with Crippen molar-refractivity contribution in [3.63, 3.8) is 0 Å². The molecular weight excluding hydrogens is 333 g/mol. The van der Waals surface area contributed by atoms with Crippen LogP contribution in [0.2, 0.25) is 0 Å². The first kappa shape index (κ1) is 23.1. The Labute approximate surface area is 156 Å². The fourth-order valence-corrected chi connectivity index (χ4v) is 1.32. The monoisotopic (exact) mass is 362 g/mol. The van der Waals surface area contributed by atoms with E-state index >= 15 is 0 Å². The second kappa shape index (κ2) is 12.4. The van der Waals surface area contributed by atoms with Gasteiger partial charge in [-0.2, -0.15) is 23.8 Å². The molecule has 0 saturated heterocycles. The largest absolute Gasteiger partial charge is 0.395 e. The van der Waals surface area contributed by atoms with Gasteiger partial charge in [0.1, 0.15) is 0 Å². The Kier molecular flexibility index (Phi) is 13.6. The van der Waals surface area contributed by atoms with Crippen LogP contribution < -0.4 is 0 Å². The van der Waals surface area contributed by atoms with Gasteiger partial charge in [-0.3, -0.25) is 0 Å². The van der Waals surface area contributed by atoms with E-state index in [2.05, 4.69) is 50.8 Å². The molecule has 0 heterocycles. The van der Waals surface area contributed by atoms with E-state index in [0.29, 0.717) is 5.92 Å². The molecular formula is C19H29OY-. The van der Waals surface area contributed by atoms with E-state index in [1.165, 1.54) is 12.0 Å². The van der Waals surface area contributed by atoms with Crippen molar-refractivity contribution in [2.45, 2.75) is 54.4 Å². The molecule has 1 N–H and O–H groups in total. The number of rotatable bonds is 6. The van der Waals surface area contributed by atoms with Crippen molar-refractivity contribution in [1.82, 2.24) is 0 Å². The predicted molar refractivity (Wildman–Crippen MR) is 88.0 cm³/mol. The second-order valence-electron chi connectivity index (χ2n) is 6.06. The van der Waals surface area contributed by atoms with E-state index in [0.717, 1.165) is 12.0 Å². The third-order valence-electron chi connectivity index (χ3n) is 2.82. The molecule has 0 rings (SSSR count). The van der Waals surface area contributed by atoms with Gasteiger partial charge in [0.15, 0.2) is 0 Å². The Bertz CT molecular complexity index is 428. The van der Waals surface area contributed by atoms with Gasteiger partial charge in [-0.1, -0.05) is 39.7 Å². The third kappa shape index (κ3) is 12.1. The van der Waals surface area contributed by atoms with Crippen molar-refractivity contribution >= 4 is 0 Å². The van der Waals surface area contributed by atoms with Crippen LogP contribution in [0.5, 0.6) is 0 Å². The maximum Gasteiger partial charge on any atom is 0.0591 e. The van der Waals surface area contributed by atoms with E-state index in [1.807, 2.05) is 26.8 Å². The standard InChI is InChI=1S/C19H29O.Y/c1-7-8-9-10-18(16(2)3)12-11-17(4)13-14-19(5,6)15-20;/h9-11,16,20H,7-8,15H2,1-6H3;/q-1;/b10-9+,17-11+;. The average molecular weight is 362 g/mol. The summed E-state index contributed by atoms with van der Waals surface area (Å²) in [6, 6.07) is 0. The molecule has 1 nitrogen and oxygen atoms in total. The first-order valence-electron chi connectivity index (χ1n) is 7.43. The van der Waals surface area contributed by atoms with E-state index in [9.17, 15) is 0 Å². The molecule has 0 bridgehead atoms. The van der Waals surface area contributed by atoms with Crippen LogP contribution in [0.3, 0.4) is 0 Å². The number of aliphatic hydroxyl groups is 1. The zero-order valence-electron chi connectivity index (χ0n) is 14.5. The van der Waals surface area contributed by atoms with Gasteiger partial charge in [-0.05, 0) is 26.2 Å². The first-order chi connectivity index (χ1) is 9.32. The van der Waals surface area contributed by atoms with Crippen molar-refractivity contribution < 1.29 is 37.8 Å². The van der Waals surface area contributed by atoms with Gasteiger partial charge in [-0.25, -0.2) is 0 Å². The van der Waals surface area contributed by atoms with E-state index < -0.39 is 0 Å².